The minimum absolute atomic E-state index is 0.262. The van der Waals surface area contributed by atoms with Crippen molar-refractivity contribution >= 4 is 27.3 Å². The highest BCUT2D eigenvalue weighted by Gasteiger charge is 2.39. The number of hydrogen-bond donors (Lipinski definition) is 1. The van der Waals surface area contributed by atoms with Gasteiger partial charge in [0.1, 0.15) is 0 Å². The second-order valence-corrected chi connectivity index (χ2v) is 8.24. The van der Waals surface area contributed by atoms with Gasteiger partial charge in [0.15, 0.2) is 0 Å². The van der Waals surface area contributed by atoms with E-state index in [9.17, 15) is 5.11 Å². The van der Waals surface area contributed by atoms with Crippen LogP contribution in [0.4, 0.5) is 0 Å². The number of halogens is 1. The molecule has 1 aliphatic carbocycles. The molecule has 0 bridgehead atoms. The van der Waals surface area contributed by atoms with Crippen molar-refractivity contribution in [1.82, 2.24) is 0 Å². The molecule has 20 heavy (non-hydrogen) atoms. The largest absolute Gasteiger partial charge is 0.389 e. The lowest BCUT2D eigenvalue weighted by Gasteiger charge is -2.40. The summed E-state index contributed by atoms with van der Waals surface area (Å²) in [4.78, 5) is 1.27. The quantitative estimate of drug-likeness (QED) is 0.812. The Bertz CT molecular complexity index is 565. The van der Waals surface area contributed by atoms with Gasteiger partial charge in [0.05, 0.1) is 9.39 Å². The summed E-state index contributed by atoms with van der Waals surface area (Å²) in [5.41, 5.74) is 0.689. The highest BCUT2D eigenvalue weighted by molar-refractivity contribution is 9.11. The first-order chi connectivity index (χ1) is 9.67. The van der Waals surface area contributed by atoms with Gasteiger partial charge in [0.25, 0.3) is 0 Å². The third-order valence-electron chi connectivity index (χ3n) is 4.31. The number of hydrogen-bond acceptors (Lipinski definition) is 2. The molecule has 0 spiro atoms. The summed E-state index contributed by atoms with van der Waals surface area (Å²) in [6.07, 6.45) is 5.11. The minimum Gasteiger partial charge on any atom is -0.389 e. The molecule has 0 amide bonds. The van der Waals surface area contributed by atoms with Crippen LogP contribution in [0.25, 0.3) is 0 Å². The Morgan fingerprint density at radius 1 is 1.15 bits per heavy atom. The van der Waals surface area contributed by atoms with E-state index < -0.39 is 5.60 Å². The van der Waals surface area contributed by atoms with Gasteiger partial charge < -0.3 is 5.11 Å². The van der Waals surface area contributed by atoms with E-state index in [0.717, 1.165) is 29.5 Å². The molecule has 0 radical (unpaired) electrons. The van der Waals surface area contributed by atoms with Gasteiger partial charge in [-0.25, -0.2) is 0 Å². The van der Waals surface area contributed by atoms with E-state index in [1.165, 1.54) is 16.9 Å². The average Bonchev–Trinajstić information content (AvgIpc) is 2.85. The fourth-order valence-corrected chi connectivity index (χ4v) is 4.95. The van der Waals surface area contributed by atoms with Crippen molar-refractivity contribution in [2.75, 3.05) is 0 Å². The van der Waals surface area contributed by atoms with Crippen molar-refractivity contribution in [3.8, 4) is 0 Å². The van der Waals surface area contributed by atoms with Crippen LogP contribution in [0, 0.1) is 0 Å². The maximum Gasteiger partial charge on any atom is 0.0764 e. The van der Waals surface area contributed by atoms with Crippen molar-refractivity contribution in [3.05, 3.63) is 56.7 Å². The normalized spacial score (nSPS) is 26.6. The van der Waals surface area contributed by atoms with Crippen LogP contribution in [0.5, 0.6) is 0 Å². The first-order valence-electron chi connectivity index (χ1n) is 7.19. The summed E-state index contributed by atoms with van der Waals surface area (Å²) in [6.45, 7) is 0. The summed E-state index contributed by atoms with van der Waals surface area (Å²) in [6, 6.07) is 14.7. The molecule has 2 unspecified atom stereocenters. The minimum atomic E-state index is -0.593. The monoisotopic (exact) mass is 350 g/mol. The van der Waals surface area contributed by atoms with Crippen molar-refractivity contribution < 1.29 is 5.11 Å². The Labute approximate surface area is 132 Å². The van der Waals surface area contributed by atoms with Crippen LogP contribution in [0.3, 0.4) is 0 Å². The molecule has 1 fully saturated rings. The van der Waals surface area contributed by atoms with Crippen LogP contribution in [0.1, 0.15) is 42.0 Å². The van der Waals surface area contributed by atoms with Crippen LogP contribution < -0.4 is 0 Å². The van der Waals surface area contributed by atoms with Gasteiger partial charge in [-0.1, -0.05) is 43.2 Å². The Morgan fingerprint density at radius 3 is 2.65 bits per heavy atom. The topological polar surface area (TPSA) is 20.2 Å². The predicted octanol–water partition coefficient (Wildman–Crippen LogP) is 5.14. The molecular formula is C17H19BrOS. The molecular weight excluding hydrogens is 332 g/mol. The number of thiophene rings is 1. The molecule has 1 aromatic heterocycles. The van der Waals surface area contributed by atoms with E-state index in [1.807, 2.05) is 6.07 Å². The van der Waals surface area contributed by atoms with Crippen molar-refractivity contribution in [1.29, 1.82) is 0 Å². The summed E-state index contributed by atoms with van der Waals surface area (Å²) in [5, 5.41) is 11.2. The third kappa shape index (κ3) is 3.00. The number of benzene rings is 1. The average molecular weight is 351 g/mol. The molecule has 1 N–H and O–H groups in total. The Hall–Kier alpha value is -0.640. The lowest BCUT2D eigenvalue weighted by atomic mass is 9.70. The molecule has 3 rings (SSSR count). The zero-order chi connectivity index (χ0) is 14.0. The summed E-state index contributed by atoms with van der Waals surface area (Å²) in [5.74, 6) is 0.262. The van der Waals surface area contributed by atoms with Gasteiger partial charge in [-0.3, -0.25) is 0 Å². The van der Waals surface area contributed by atoms with E-state index in [2.05, 4.69) is 52.3 Å². The lowest BCUT2D eigenvalue weighted by Crippen LogP contribution is -2.41. The van der Waals surface area contributed by atoms with Gasteiger partial charge in [-0.2, -0.15) is 0 Å². The first kappa shape index (κ1) is 14.3. The van der Waals surface area contributed by atoms with Gasteiger partial charge in [0.2, 0.25) is 0 Å². The summed E-state index contributed by atoms with van der Waals surface area (Å²) < 4.78 is 1.14. The Balaban J connectivity index is 1.87. The molecule has 2 aromatic rings. The maximum atomic E-state index is 11.2. The highest BCUT2D eigenvalue weighted by atomic mass is 79.9. The molecule has 3 heteroatoms. The molecule has 2 atom stereocenters. The first-order valence-corrected chi connectivity index (χ1v) is 8.80. The summed E-state index contributed by atoms with van der Waals surface area (Å²) >= 11 is 5.25. The lowest BCUT2D eigenvalue weighted by molar-refractivity contribution is -0.0160. The van der Waals surface area contributed by atoms with Crippen LogP contribution in [-0.2, 0) is 6.42 Å². The SMILES string of the molecule is OC1(Cc2ccc(Br)s2)CCCCC1c1ccccc1. The second kappa shape index (κ2) is 6.00. The maximum absolute atomic E-state index is 11.2. The van der Waals surface area contributed by atoms with E-state index in [-0.39, 0.29) is 5.92 Å². The molecule has 1 nitrogen and oxygen atoms in total. The molecule has 1 heterocycles. The molecule has 0 saturated heterocycles. The van der Waals surface area contributed by atoms with Crippen LogP contribution >= 0.6 is 27.3 Å². The fraction of sp³-hybridized carbons (Fsp3) is 0.412. The van der Waals surface area contributed by atoms with E-state index in [0.29, 0.717) is 0 Å². The Kier molecular flexibility index (Phi) is 4.29. The molecule has 1 aliphatic rings. The fourth-order valence-electron chi connectivity index (χ4n) is 3.34. The van der Waals surface area contributed by atoms with Gasteiger partial charge >= 0.3 is 0 Å². The highest BCUT2D eigenvalue weighted by Crippen LogP contribution is 2.43. The third-order valence-corrected chi connectivity index (χ3v) is 5.94. The van der Waals surface area contributed by atoms with E-state index >= 15 is 0 Å². The molecule has 0 aliphatic heterocycles. The van der Waals surface area contributed by atoms with Crippen LogP contribution in [-0.4, -0.2) is 10.7 Å². The summed E-state index contributed by atoms with van der Waals surface area (Å²) in [7, 11) is 0. The van der Waals surface area contributed by atoms with Crippen molar-refractivity contribution in [2.45, 2.75) is 43.6 Å². The van der Waals surface area contributed by atoms with Crippen molar-refractivity contribution in [3.63, 3.8) is 0 Å². The second-order valence-electron chi connectivity index (χ2n) is 5.70. The zero-order valence-electron chi connectivity index (χ0n) is 11.4. The van der Waals surface area contributed by atoms with E-state index in [1.54, 1.807) is 11.3 Å². The van der Waals surface area contributed by atoms with Crippen LogP contribution in [0.2, 0.25) is 0 Å². The molecule has 1 aromatic carbocycles. The number of aliphatic hydroxyl groups is 1. The standard InChI is InChI=1S/C17H19BrOS/c18-16-10-9-14(20-16)12-17(19)11-5-4-8-15(17)13-6-2-1-3-7-13/h1-3,6-7,9-10,15,19H,4-5,8,11-12H2. The smallest absolute Gasteiger partial charge is 0.0764 e. The predicted molar refractivity (Wildman–Crippen MR) is 88.3 cm³/mol. The van der Waals surface area contributed by atoms with Crippen molar-refractivity contribution in [2.24, 2.45) is 0 Å². The molecule has 1 saturated carbocycles. The molecule has 106 valence electrons. The van der Waals surface area contributed by atoms with Crippen LogP contribution in [0.15, 0.2) is 46.3 Å². The van der Waals surface area contributed by atoms with Gasteiger partial charge in [0, 0.05) is 17.2 Å². The zero-order valence-corrected chi connectivity index (χ0v) is 13.8. The van der Waals surface area contributed by atoms with E-state index in [4.69, 9.17) is 0 Å². The Morgan fingerprint density at radius 2 is 1.95 bits per heavy atom. The van der Waals surface area contributed by atoms with Gasteiger partial charge in [-0.15, -0.1) is 11.3 Å². The van der Waals surface area contributed by atoms with Gasteiger partial charge in [-0.05, 0) is 46.5 Å². The number of rotatable bonds is 3.